The van der Waals surface area contributed by atoms with Crippen LogP contribution in [-0.4, -0.2) is 23.4 Å². The lowest BCUT2D eigenvalue weighted by Crippen LogP contribution is -2.18. The van der Waals surface area contributed by atoms with Crippen molar-refractivity contribution in [3.8, 4) is 5.75 Å². The van der Waals surface area contributed by atoms with Crippen molar-refractivity contribution in [2.24, 2.45) is 0 Å². The molecule has 0 radical (unpaired) electrons. The van der Waals surface area contributed by atoms with Crippen LogP contribution >= 0.6 is 0 Å². The highest BCUT2D eigenvalue weighted by Crippen LogP contribution is 2.34. The molecular weight excluding hydrogens is 226 g/mol. The first-order valence-electron chi connectivity index (χ1n) is 6.51. The maximum Gasteiger partial charge on any atom is 0.123 e. The summed E-state index contributed by atoms with van der Waals surface area (Å²) in [5.41, 5.74) is 3.02. The van der Waals surface area contributed by atoms with E-state index in [2.05, 4.69) is 26.1 Å². The Hall–Kier alpha value is -1.06. The summed E-state index contributed by atoms with van der Waals surface area (Å²) in [7, 11) is 0. The molecule has 0 atom stereocenters. The fourth-order valence-corrected chi connectivity index (χ4v) is 1.99. The Morgan fingerprint density at radius 2 is 1.89 bits per heavy atom. The summed E-state index contributed by atoms with van der Waals surface area (Å²) in [6.45, 7) is 9.94. The van der Waals surface area contributed by atoms with Crippen molar-refractivity contribution < 1.29 is 10.2 Å². The fraction of sp³-hybridized carbons (Fsp3) is 0.600. The van der Waals surface area contributed by atoms with Crippen molar-refractivity contribution in [3.63, 3.8) is 0 Å². The Morgan fingerprint density at radius 3 is 2.44 bits per heavy atom. The van der Waals surface area contributed by atoms with Crippen molar-refractivity contribution >= 4 is 0 Å². The zero-order valence-electron chi connectivity index (χ0n) is 11.9. The predicted octanol–water partition coefficient (Wildman–Crippen LogP) is 2.47. The summed E-state index contributed by atoms with van der Waals surface area (Å²) in [5.74, 6) is 0.393. The van der Waals surface area contributed by atoms with E-state index in [-0.39, 0.29) is 12.0 Å². The second kappa shape index (κ2) is 6.21. The summed E-state index contributed by atoms with van der Waals surface area (Å²) in [6.07, 6.45) is 0.735. The maximum absolute atomic E-state index is 10.3. The van der Waals surface area contributed by atoms with Crippen molar-refractivity contribution in [2.45, 2.75) is 46.1 Å². The second-order valence-electron chi connectivity index (χ2n) is 5.82. The molecule has 102 valence electrons. The molecule has 18 heavy (non-hydrogen) atoms. The normalized spacial score (nSPS) is 11.8. The third-order valence-corrected chi connectivity index (χ3v) is 2.97. The minimum Gasteiger partial charge on any atom is -0.507 e. The van der Waals surface area contributed by atoms with Gasteiger partial charge in [0.15, 0.2) is 0 Å². The highest BCUT2D eigenvalue weighted by Gasteiger charge is 2.20. The van der Waals surface area contributed by atoms with Gasteiger partial charge in [-0.05, 0) is 30.9 Å². The molecule has 3 N–H and O–H groups in total. The number of hydrogen-bond acceptors (Lipinski definition) is 3. The van der Waals surface area contributed by atoms with Gasteiger partial charge in [-0.2, -0.15) is 0 Å². The van der Waals surface area contributed by atoms with E-state index in [1.807, 2.05) is 19.1 Å². The van der Waals surface area contributed by atoms with Crippen molar-refractivity contribution in [1.29, 1.82) is 0 Å². The summed E-state index contributed by atoms with van der Waals surface area (Å²) in [5, 5.41) is 22.3. The third-order valence-electron chi connectivity index (χ3n) is 2.97. The van der Waals surface area contributed by atoms with Gasteiger partial charge in [-0.1, -0.05) is 38.5 Å². The molecule has 0 aliphatic rings. The lowest BCUT2D eigenvalue weighted by Gasteiger charge is -2.23. The van der Waals surface area contributed by atoms with Crippen LogP contribution in [0.5, 0.6) is 5.75 Å². The Bertz CT molecular complexity index is 394. The smallest absolute Gasteiger partial charge is 0.123 e. The lowest BCUT2D eigenvalue weighted by atomic mass is 9.84. The number of aromatic hydroxyl groups is 1. The molecule has 1 aromatic rings. The van der Waals surface area contributed by atoms with Gasteiger partial charge in [0.25, 0.3) is 0 Å². The monoisotopic (exact) mass is 251 g/mol. The Kier molecular flexibility index (Phi) is 5.17. The molecule has 0 saturated carbocycles. The predicted molar refractivity (Wildman–Crippen MR) is 75.0 cm³/mol. The first-order valence-corrected chi connectivity index (χ1v) is 6.51. The van der Waals surface area contributed by atoms with E-state index >= 15 is 0 Å². The average molecular weight is 251 g/mol. The fourth-order valence-electron chi connectivity index (χ4n) is 1.99. The van der Waals surface area contributed by atoms with Crippen LogP contribution in [0.15, 0.2) is 12.1 Å². The van der Waals surface area contributed by atoms with Crippen LogP contribution in [-0.2, 0) is 12.0 Å². The highest BCUT2D eigenvalue weighted by molar-refractivity contribution is 5.46. The van der Waals surface area contributed by atoms with E-state index in [4.69, 9.17) is 5.11 Å². The molecule has 0 fully saturated rings. The average Bonchev–Trinajstić information content (AvgIpc) is 2.27. The highest BCUT2D eigenvalue weighted by atomic mass is 16.3. The van der Waals surface area contributed by atoms with Gasteiger partial charge >= 0.3 is 0 Å². The molecule has 3 heteroatoms. The van der Waals surface area contributed by atoms with E-state index in [1.54, 1.807) is 0 Å². The van der Waals surface area contributed by atoms with Crippen molar-refractivity contribution in [2.75, 3.05) is 13.2 Å². The number of benzene rings is 1. The molecule has 0 bridgehead atoms. The number of phenols is 1. The van der Waals surface area contributed by atoms with Crippen LogP contribution < -0.4 is 5.32 Å². The van der Waals surface area contributed by atoms with Crippen molar-refractivity contribution in [3.05, 3.63) is 28.8 Å². The molecule has 0 unspecified atom stereocenters. The molecule has 0 spiro atoms. The van der Waals surface area contributed by atoms with Crippen LogP contribution in [0.1, 0.15) is 43.9 Å². The first kappa shape index (κ1) is 15.0. The standard InChI is InChI=1S/C15H25NO2/c1-11-8-12(10-16-6-5-7-17)14(18)13(9-11)15(2,3)4/h8-9,16-18H,5-7,10H2,1-4H3. The number of nitrogens with one attached hydrogen (secondary N) is 1. The van der Waals surface area contributed by atoms with Gasteiger partial charge in [-0.15, -0.1) is 0 Å². The summed E-state index contributed by atoms with van der Waals surface area (Å²) < 4.78 is 0. The molecule has 0 aliphatic heterocycles. The van der Waals surface area contributed by atoms with Crippen molar-refractivity contribution in [1.82, 2.24) is 5.32 Å². The van der Waals surface area contributed by atoms with Gasteiger partial charge in [0.1, 0.15) is 5.75 Å². The minimum absolute atomic E-state index is 0.0596. The van der Waals surface area contributed by atoms with Gasteiger partial charge in [0.05, 0.1) is 0 Å². The van der Waals surface area contributed by atoms with Gasteiger partial charge in [0.2, 0.25) is 0 Å². The lowest BCUT2D eigenvalue weighted by molar-refractivity contribution is 0.286. The molecule has 1 rings (SSSR count). The van der Waals surface area contributed by atoms with E-state index in [1.165, 1.54) is 0 Å². The number of aliphatic hydroxyl groups excluding tert-OH is 1. The van der Waals surface area contributed by atoms with Crippen LogP contribution in [0, 0.1) is 6.92 Å². The van der Waals surface area contributed by atoms with Gasteiger partial charge in [0, 0.05) is 18.7 Å². The minimum atomic E-state index is -0.0596. The molecule has 0 aliphatic carbocycles. The zero-order chi connectivity index (χ0) is 13.8. The molecular formula is C15H25NO2. The molecule has 0 heterocycles. The number of hydrogen-bond donors (Lipinski definition) is 3. The Balaban J connectivity index is 2.88. The largest absolute Gasteiger partial charge is 0.507 e. The van der Waals surface area contributed by atoms with E-state index in [9.17, 15) is 5.11 Å². The third kappa shape index (κ3) is 4.00. The van der Waals surface area contributed by atoms with E-state index in [0.717, 1.165) is 29.7 Å². The number of rotatable bonds is 5. The quantitative estimate of drug-likeness (QED) is 0.705. The summed E-state index contributed by atoms with van der Waals surface area (Å²) >= 11 is 0. The van der Waals surface area contributed by atoms with Crippen LogP contribution in [0.25, 0.3) is 0 Å². The maximum atomic E-state index is 10.3. The molecule has 3 nitrogen and oxygen atoms in total. The van der Waals surface area contributed by atoms with Gasteiger partial charge in [-0.3, -0.25) is 0 Å². The number of phenolic OH excluding ortho intramolecular Hbond substituents is 1. The molecule has 1 aromatic carbocycles. The second-order valence-corrected chi connectivity index (χ2v) is 5.82. The molecule has 0 saturated heterocycles. The zero-order valence-corrected chi connectivity index (χ0v) is 11.9. The summed E-state index contributed by atoms with van der Waals surface area (Å²) in [4.78, 5) is 0. The number of aliphatic hydroxyl groups is 1. The SMILES string of the molecule is Cc1cc(CNCCCO)c(O)c(C(C)(C)C)c1. The Morgan fingerprint density at radius 1 is 1.22 bits per heavy atom. The van der Waals surface area contributed by atoms with Crippen LogP contribution in [0.3, 0.4) is 0 Å². The Labute approximate surface area is 110 Å². The molecule has 0 aromatic heterocycles. The molecule has 0 amide bonds. The van der Waals surface area contributed by atoms with Gasteiger partial charge in [-0.25, -0.2) is 0 Å². The summed E-state index contributed by atoms with van der Waals surface area (Å²) in [6, 6.07) is 4.06. The van der Waals surface area contributed by atoms with Crippen LogP contribution in [0.4, 0.5) is 0 Å². The van der Waals surface area contributed by atoms with E-state index < -0.39 is 0 Å². The number of aryl methyl sites for hydroxylation is 1. The van der Waals surface area contributed by atoms with E-state index in [0.29, 0.717) is 12.3 Å². The first-order chi connectivity index (χ1) is 8.36. The van der Waals surface area contributed by atoms with Crippen LogP contribution in [0.2, 0.25) is 0 Å². The topological polar surface area (TPSA) is 52.5 Å². The van der Waals surface area contributed by atoms with Gasteiger partial charge < -0.3 is 15.5 Å².